The Labute approximate surface area is 136 Å². The van der Waals surface area contributed by atoms with Gasteiger partial charge in [-0.2, -0.15) is 10.2 Å². The van der Waals surface area contributed by atoms with Gasteiger partial charge in [-0.25, -0.2) is 0 Å². The van der Waals surface area contributed by atoms with Crippen LogP contribution in [-0.4, -0.2) is 5.78 Å². The molecule has 0 saturated carbocycles. The lowest BCUT2D eigenvalue weighted by atomic mass is 9.78. The Morgan fingerprint density at radius 1 is 1.09 bits per heavy atom. The van der Waals surface area contributed by atoms with Crippen LogP contribution < -0.4 is 0 Å². The lowest BCUT2D eigenvalue weighted by Crippen LogP contribution is -2.21. The Hall–Kier alpha value is -2.00. The van der Waals surface area contributed by atoms with Crippen LogP contribution >= 0.6 is 11.6 Å². The molecule has 0 bridgehead atoms. The predicted octanol–water partition coefficient (Wildman–Crippen LogP) is 5.81. The van der Waals surface area contributed by atoms with Gasteiger partial charge in [-0.05, 0) is 59.9 Å². The van der Waals surface area contributed by atoms with E-state index in [0.29, 0.717) is 5.02 Å². The molecule has 114 valence electrons. The van der Waals surface area contributed by atoms with Crippen LogP contribution in [0.5, 0.6) is 0 Å². The molecule has 0 saturated heterocycles. The highest BCUT2D eigenvalue weighted by Gasteiger charge is 2.27. The second-order valence-corrected chi connectivity index (χ2v) is 6.72. The second kappa shape index (κ2) is 6.41. The molecule has 0 N–H and O–H groups in total. The molecule has 4 heteroatoms. The summed E-state index contributed by atoms with van der Waals surface area (Å²) in [5.41, 5.74) is 2.92. The van der Waals surface area contributed by atoms with Gasteiger partial charge >= 0.3 is 0 Å². The molecule has 1 aromatic carbocycles. The SMILES string of the molecule is CC1=C/C(=C/N=Nc2ccc(Cl)cc2)C=C(C(C)(C)C)C1=O. The molecule has 0 atom stereocenters. The average Bonchev–Trinajstić information content (AvgIpc) is 2.43. The van der Waals surface area contributed by atoms with Crippen LogP contribution in [0.3, 0.4) is 0 Å². The molecule has 1 aliphatic rings. The number of Topliss-reactive ketones (excluding diaryl/α,β-unsaturated/α-hetero) is 1. The highest BCUT2D eigenvalue weighted by atomic mass is 35.5. The highest BCUT2D eigenvalue weighted by molar-refractivity contribution is 6.30. The van der Waals surface area contributed by atoms with Crippen molar-refractivity contribution in [2.75, 3.05) is 0 Å². The van der Waals surface area contributed by atoms with E-state index in [4.69, 9.17) is 11.6 Å². The Bertz CT molecular complexity index is 702. The Kier molecular flexibility index (Phi) is 4.77. The molecule has 0 fully saturated rings. The van der Waals surface area contributed by atoms with Crippen LogP contribution in [0.1, 0.15) is 27.7 Å². The molecule has 0 heterocycles. The number of halogens is 1. The maximum atomic E-state index is 12.2. The van der Waals surface area contributed by atoms with Gasteiger partial charge in [0.25, 0.3) is 0 Å². The lowest BCUT2D eigenvalue weighted by Gasteiger charge is -2.24. The average molecular weight is 315 g/mol. The van der Waals surface area contributed by atoms with Gasteiger partial charge in [0.2, 0.25) is 0 Å². The summed E-state index contributed by atoms with van der Waals surface area (Å²) in [5.74, 6) is 0.0966. The molecule has 1 aromatic rings. The molecule has 3 nitrogen and oxygen atoms in total. The van der Waals surface area contributed by atoms with E-state index in [1.807, 2.05) is 39.8 Å². The highest BCUT2D eigenvalue weighted by Crippen LogP contribution is 2.32. The molecule has 0 radical (unpaired) electrons. The van der Waals surface area contributed by atoms with E-state index in [1.165, 1.54) is 0 Å². The number of hydrogen-bond donors (Lipinski definition) is 0. The smallest absolute Gasteiger partial charge is 0.185 e. The second-order valence-electron chi connectivity index (χ2n) is 6.29. The summed E-state index contributed by atoms with van der Waals surface area (Å²) in [7, 11) is 0. The van der Waals surface area contributed by atoms with Gasteiger partial charge < -0.3 is 0 Å². The van der Waals surface area contributed by atoms with Crippen molar-refractivity contribution in [3.63, 3.8) is 0 Å². The monoisotopic (exact) mass is 314 g/mol. The first-order chi connectivity index (χ1) is 10.3. The van der Waals surface area contributed by atoms with Gasteiger partial charge in [-0.3, -0.25) is 4.79 Å². The molecule has 0 aliphatic heterocycles. The van der Waals surface area contributed by atoms with Crippen molar-refractivity contribution in [1.82, 2.24) is 0 Å². The Balaban J connectivity index is 2.25. The summed E-state index contributed by atoms with van der Waals surface area (Å²) in [4.78, 5) is 12.2. The number of azo groups is 1. The topological polar surface area (TPSA) is 41.8 Å². The molecule has 1 aliphatic carbocycles. The number of allylic oxidation sites excluding steroid dienone is 5. The molecule has 0 amide bonds. The minimum atomic E-state index is -0.195. The first-order valence-electron chi connectivity index (χ1n) is 7.09. The number of nitrogens with zero attached hydrogens (tertiary/aromatic N) is 2. The maximum Gasteiger partial charge on any atom is 0.185 e. The number of ketones is 1. The molecule has 22 heavy (non-hydrogen) atoms. The zero-order chi connectivity index (χ0) is 16.3. The fourth-order valence-electron chi connectivity index (χ4n) is 2.10. The molecule has 2 rings (SSSR count). The van der Waals surface area contributed by atoms with Crippen molar-refractivity contribution in [1.29, 1.82) is 0 Å². The van der Waals surface area contributed by atoms with Gasteiger partial charge in [0, 0.05) is 10.6 Å². The zero-order valence-corrected chi connectivity index (χ0v) is 14.0. The van der Waals surface area contributed by atoms with Crippen LogP contribution in [0.15, 0.2) is 69.6 Å². The third-order valence-electron chi connectivity index (χ3n) is 3.31. The van der Waals surface area contributed by atoms with Crippen LogP contribution in [0.2, 0.25) is 5.02 Å². The predicted molar refractivity (Wildman–Crippen MR) is 90.4 cm³/mol. The van der Waals surface area contributed by atoms with E-state index < -0.39 is 0 Å². The van der Waals surface area contributed by atoms with Crippen molar-refractivity contribution in [2.24, 2.45) is 15.6 Å². The number of benzene rings is 1. The quantitative estimate of drug-likeness (QED) is 0.635. The van der Waals surface area contributed by atoms with Crippen molar-refractivity contribution < 1.29 is 4.79 Å². The Morgan fingerprint density at radius 3 is 2.32 bits per heavy atom. The normalized spacial score (nSPS) is 17.9. The minimum Gasteiger partial charge on any atom is -0.289 e. The first-order valence-corrected chi connectivity index (χ1v) is 7.47. The van der Waals surface area contributed by atoms with E-state index in [9.17, 15) is 4.79 Å². The summed E-state index contributed by atoms with van der Waals surface area (Å²) in [6.45, 7) is 7.91. The zero-order valence-electron chi connectivity index (χ0n) is 13.2. The number of carbonyl (C=O) groups excluding carboxylic acids is 1. The third kappa shape index (κ3) is 4.01. The Morgan fingerprint density at radius 2 is 1.73 bits per heavy atom. The van der Waals surface area contributed by atoms with Crippen LogP contribution in [0, 0.1) is 5.41 Å². The summed E-state index contributed by atoms with van der Waals surface area (Å²) in [5, 5.41) is 8.88. The summed E-state index contributed by atoms with van der Waals surface area (Å²) in [6.07, 6.45) is 5.38. The molecular formula is C18H19ClN2O. The van der Waals surface area contributed by atoms with Gasteiger partial charge in [0.15, 0.2) is 5.78 Å². The van der Waals surface area contributed by atoms with Gasteiger partial charge in [0.1, 0.15) is 0 Å². The van der Waals surface area contributed by atoms with Gasteiger partial charge in [-0.1, -0.05) is 32.4 Å². The first kappa shape index (κ1) is 16.4. The summed E-state index contributed by atoms with van der Waals surface area (Å²) < 4.78 is 0. The van der Waals surface area contributed by atoms with E-state index in [-0.39, 0.29) is 11.2 Å². The van der Waals surface area contributed by atoms with E-state index in [2.05, 4.69) is 10.2 Å². The van der Waals surface area contributed by atoms with Crippen molar-refractivity contribution in [3.05, 3.63) is 64.4 Å². The molecule has 0 unspecified atom stereocenters. The molecule has 0 aromatic heterocycles. The maximum absolute atomic E-state index is 12.2. The largest absolute Gasteiger partial charge is 0.289 e. The van der Waals surface area contributed by atoms with Crippen LogP contribution in [-0.2, 0) is 4.79 Å². The summed E-state index contributed by atoms with van der Waals surface area (Å²) >= 11 is 5.82. The molecule has 0 spiro atoms. The van der Waals surface area contributed by atoms with Crippen LogP contribution in [0.25, 0.3) is 0 Å². The van der Waals surface area contributed by atoms with Crippen molar-refractivity contribution >= 4 is 23.1 Å². The number of carbonyl (C=O) groups is 1. The fraction of sp³-hybridized carbons (Fsp3) is 0.278. The number of rotatable bonds is 2. The van der Waals surface area contributed by atoms with Gasteiger partial charge in [0.05, 0.1) is 11.9 Å². The minimum absolute atomic E-state index is 0.0966. The van der Waals surface area contributed by atoms with Gasteiger partial charge in [-0.15, -0.1) is 0 Å². The number of hydrogen-bond acceptors (Lipinski definition) is 3. The molecular weight excluding hydrogens is 296 g/mol. The third-order valence-corrected chi connectivity index (χ3v) is 3.56. The van der Waals surface area contributed by atoms with E-state index in [0.717, 1.165) is 22.4 Å². The van der Waals surface area contributed by atoms with E-state index in [1.54, 1.807) is 30.5 Å². The van der Waals surface area contributed by atoms with Crippen molar-refractivity contribution in [3.8, 4) is 0 Å². The standard InChI is InChI=1S/C18H19ClN2O/c1-12-9-13(10-16(17(12)22)18(2,3)4)11-20-21-15-7-5-14(19)6-8-15/h5-11H,1-4H3/b13-11-,21-20?. The van der Waals surface area contributed by atoms with Crippen molar-refractivity contribution in [2.45, 2.75) is 27.7 Å². The summed E-state index contributed by atoms with van der Waals surface area (Å²) in [6, 6.07) is 7.13. The van der Waals surface area contributed by atoms with E-state index >= 15 is 0 Å². The lowest BCUT2D eigenvalue weighted by molar-refractivity contribution is -0.113. The fourth-order valence-corrected chi connectivity index (χ4v) is 2.23. The van der Waals surface area contributed by atoms with Crippen LogP contribution in [0.4, 0.5) is 5.69 Å².